The monoisotopic (exact) mass is 296 g/mol. The van der Waals surface area contributed by atoms with Crippen molar-refractivity contribution >= 4 is 5.97 Å². The van der Waals surface area contributed by atoms with Crippen LogP contribution in [-0.4, -0.2) is 57.4 Å². The van der Waals surface area contributed by atoms with E-state index >= 15 is 0 Å². The Balaban J connectivity index is 2.86. The van der Waals surface area contributed by atoms with Crippen LogP contribution in [-0.2, 0) is 4.79 Å². The minimum absolute atomic E-state index is 0.531. The van der Waals surface area contributed by atoms with E-state index in [0.717, 1.165) is 13.0 Å². The molecule has 0 spiro atoms. The highest BCUT2D eigenvalue weighted by atomic mass is 16.5. The smallest absolute Gasteiger partial charge is 0.325 e. The molecule has 1 atom stereocenters. The molecule has 6 nitrogen and oxygen atoms in total. The molecule has 0 heterocycles. The molecule has 0 saturated heterocycles. The summed E-state index contributed by atoms with van der Waals surface area (Å²) in [6.07, 6.45) is 0.864. The van der Waals surface area contributed by atoms with Gasteiger partial charge < -0.3 is 24.8 Å². The zero-order valence-electron chi connectivity index (χ0n) is 13.0. The third-order valence-electron chi connectivity index (χ3n) is 3.13. The minimum atomic E-state index is -0.939. The molecule has 118 valence electrons. The highest BCUT2D eigenvalue weighted by Gasteiger charge is 2.23. The van der Waals surface area contributed by atoms with E-state index in [0.29, 0.717) is 23.6 Å². The summed E-state index contributed by atoms with van der Waals surface area (Å²) in [5.74, 6) is 0.196. The summed E-state index contributed by atoms with van der Waals surface area (Å²) >= 11 is 0. The van der Waals surface area contributed by atoms with E-state index in [1.165, 1.54) is 7.11 Å². The van der Waals surface area contributed by atoms with Crippen LogP contribution in [0.1, 0.15) is 18.0 Å². The fourth-order valence-electron chi connectivity index (χ4n) is 2.04. The van der Waals surface area contributed by atoms with E-state index in [2.05, 4.69) is 10.2 Å². The summed E-state index contributed by atoms with van der Waals surface area (Å²) < 4.78 is 10.4. The van der Waals surface area contributed by atoms with Crippen molar-refractivity contribution in [2.45, 2.75) is 12.5 Å². The molecule has 0 aliphatic heterocycles. The van der Waals surface area contributed by atoms with E-state index in [4.69, 9.17) is 9.47 Å². The van der Waals surface area contributed by atoms with Crippen LogP contribution in [0.5, 0.6) is 11.5 Å². The Morgan fingerprint density at radius 3 is 2.57 bits per heavy atom. The number of methoxy groups -OCH3 is 2. The number of hydrogen-bond donors (Lipinski definition) is 2. The molecule has 0 amide bonds. The molecule has 0 aliphatic carbocycles. The molecule has 0 saturated carbocycles. The molecule has 0 aromatic heterocycles. The molecule has 6 heteroatoms. The van der Waals surface area contributed by atoms with Crippen LogP contribution >= 0.6 is 0 Å². The number of nitrogens with zero attached hydrogens (tertiary/aromatic N) is 1. The predicted octanol–water partition coefficient (Wildman–Crippen LogP) is 1.37. The van der Waals surface area contributed by atoms with Crippen molar-refractivity contribution in [3.05, 3.63) is 23.8 Å². The molecular formula is C15H24N2O4. The molecule has 0 fully saturated rings. The normalized spacial score (nSPS) is 12.2. The average molecular weight is 296 g/mol. The SMILES string of the molecule is COc1ccc(OC)c(C(NCCCN(C)C)C(=O)O)c1. The van der Waals surface area contributed by atoms with Gasteiger partial charge in [-0.05, 0) is 51.8 Å². The van der Waals surface area contributed by atoms with Gasteiger partial charge in [0.05, 0.1) is 14.2 Å². The van der Waals surface area contributed by atoms with Crippen LogP contribution in [0.4, 0.5) is 0 Å². The maximum Gasteiger partial charge on any atom is 0.325 e. The third kappa shape index (κ3) is 5.24. The van der Waals surface area contributed by atoms with E-state index in [9.17, 15) is 9.90 Å². The lowest BCUT2D eigenvalue weighted by Crippen LogP contribution is -2.31. The third-order valence-corrected chi connectivity index (χ3v) is 3.13. The Morgan fingerprint density at radius 1 is 1.33 bits per heavy atom. The van der Waals surface area contributed by atoms with E-state index in [1.54, 1.807) is 25.3 Å². The molecular weight excluding hydrogens is 272 g/mol. The maximum atomic E-state index is 11.5. The second-order valence-electron chi connectivity index (χ2n) is 4.99. The summed E-state index contributed by atoms with van der Waals surface area (Å²) in [4.78, 5) is 13.6. The van der Waals surface area contributed by atoms with Gasteiger partial charge in [-0.2, -0.15) is 0 Å². The van der Waals surface area contributed by atoms with Gasteiger partial charge in [0, 0.05) is 5.56 Å². The van der Waals surface area contributed by atoms with E-state index in [-0.39, 0.29) is 0 Å². The van der Waals surface area contributed by atoms with Gasteiger partial charge in [0.1, 0.15) is 17.5 Å². The Hall–Kier alpha value is -1.79. The molecule has 0 aliphatic rings. The molecule has 21 heavy (non-hydrogen) atoms. The second-order valence-corrected chi connectivity index (χ2v) is 4.99. The van der Waals surface area contributed by atoms with Gasteiger partial charge in [0.15, 0.2) is 0 Å². The van der Waals surface area contributed by atoms with Crippen molar-refractivity contribution in [2.24, 2.45) is 0 Å². The van der Waals surface area contributed by atoms with Gasteiger partial charge >= 0.3 is 5.97 Å². The van der Waals surface area contributed by atoms with Crippen LogP contribution < -0.4 is 14.8 Å². The van der Waals surface area contributed by atoms with Gasteiger partial charge in [0.2, 0.25) is 0 Å². The van der Waals surface area contributed by atoms with Crippen LogP contribution in [0.3, 0.4) is 0 Å². The summed E-state index contributed by atoms with van der Waals surface area (Å²) in [6.45, 7) is 1.50. The lowest BCUT2D eigenvalue weighted by Gasteiger charge is -2.19. The first kappa shape index (κ1) is 17.3. The Morgan fingerprint density at radius 2 is 2.05 bits per heavy atom. The largest absolute Gasteiger partial charge is 0.497 e. The summed E-state index contributed by atoms with van der Waals surface area (Å²) in [7, 11) is 7.04. The van der Waals surface area contributed by atoms with Gasteiger partial charge in [-0.3, -0.25) is 4.79 Å². The highest BCUT2D eigenvalue weighted by molar-refractivity contribution is 5.77. The number of carboxylic acid groups (broad SMARTS) is 1. The molecule has 2 N–H and O–H groups in total. The molecule has 0 bridgehead atoms. The summed E-state index contributed by atoms with van der Waals surface area (Å²) in [6, 6.07) is 4.33. The quantitative estimate of drug-likeness (QED) is 0.671. The standard InChI is InChI=1S/C15H24N2O4/c1-17(2)9-5-8-16-14(15(18)19)12-10-11(20-3)6-7-13(12)21-4/h6-7,10,14,16H,5,8-9H2,1-4H3,(H,18,19). The van der Waals surface area contributed by atoms with E-state index < -0.39 is 12.0 Å². The zero-order chi connectivity index (χ0) is 15.8. The van der Waals surface area contributed by atoms with Gasteiger partial charge in [-0.1, -0.05) is 0 Å². The number of carboxylic acids is 1. The summed E-state index contributed by atoms with van der Waals surface area (Å²) in [5, 5.41) is 12.5. The first-order valence-corrected chi connectivity index (χ1v) is 6.82. The fourth-order valence-corrected chi connectivity index (χ4v) is 2.04. The van der Waals surface area contributed by atoms with Crippen molar-refractivity contribution < 1.29 is 19.4 Å². The number of carbonyl (C=O) groups is 1. The fraction of sp³-hybridized carbons (Fsp3) is 0.533. The van der Waals surface area contributed by atoms with Crippen molar-refractivity contribution in [1.82, 2.24) is 10.2 Å². The Bertz CT molecular complexity index is 463. The number of nitrogens with one attached hydrogen (secondary N) is 1. The van der Waals surface area contributed by atoms with Crippen LogP contribution in [0, 0.1) is 0 Å². The van der Waals surface area contributed by atoms with Gasteiger partial charge in [-0.15, -0.1) is 0 Å². The first-order valence-electron chi connectivity index (χ1n) is 6.82. The van der Waals surface area contributed by atoms with Crippen molar-refractivity contribution in [3.8, 4) is 11.5 Å². The van der Waals surface area contributed by atoms with Crippen LogP contribution in [0.25, 0.3) is 0 Å². The first-order chi connectivity index (χ1) is 9.99. The number of rotatable bonds is 9. The topological polar surface area (TPSA) is 71.0 Å². The van der Waals surface area contributed by atoms with Crippen molar-refractivity contribution in [2.75, 3.05) is 41.4 Å². The van der Waals surface area contributed by atoms with Crippen molar-refractivity contribution in [3.63, 3.8) is 0 Å². The number of benzene rings is 1. The molecule has 1 unspecified atom stereocenters. The van der Waals surface area contributed by atoms with Gasteiger partial charge in [0.25, 0.3) is 0 Å². The zero-order valence-corrected chi connectivity index (χ0v) is 13.0. The maximum absolute atomic E-state index is 11.5. The molecule has 1 aromatic rings. The number of hydrogen-bond acceptors (Lipinski definition) is 5. The number of ether oxygens (including phenoxy) is 2. The predicted molar refractivity (Wildman–Crippen MR) is 81.1 cm³/mol. The van der Waals surface area contributed by atoms with E-state index in [1.807, 2.05) is 14.1 Å². The average Bonchev–Trinajstić information content (AvgIpc) is 2.46. The summed E-state index contributed by atoms with van der Waals surface area (Å²) in [5.41, 5.74) is 0.564. The number of aliphatic carboxylic acids is 1. The highest BCUT2D eigenvalue weighted by Crippen LogP contribution is 2.29. The lowest BCUT2D eigenvalue weighted by atomic mass is 10.0. The van der Waals surface area contributed by atoms with Gasteiger partial charge in [-0.25, -0.2) is 0 Å². The van der Waals surface area contributed by atoms with Crippen LogP contribution in [0.15, 0.2) is 18.2 Å². The Kier molecular flexibility index (Phi) is 6.98. The second kappa shape index (κ2) is 8.49. The van der Waals surface area contributed by atoms with Crippen LogP contribution in [0.2, 0.25) is 0 Å². The molecule has 1 aromatic carbocycles. The molecule has 1 rings (SSSR count). The lowest BCUT2D eigenvalue weighted by molar-refractivity contribution is -0.139. The minimum Gasteiger partial charge on any atom is -0.497 e. The van der Waals surface area contributed by atoms with Crippen molar-refractivity contribution in [1.29, 1.82) is 0 Å². The Labute approximate surface area is 125 Å². The molecule has 0 radical (unpaired) electrons.